The van der Waals surface area contributed by atoms with E-state index >= 15 is 28.0 Å². The Bertz CT molecular complexity index is 3630. The van der Waals surface area contributed by atoms with Gasteiger partial charge in [0.05, 0.1) is 68.4 Å². The van der Waals surface area contributed by atoms with Gasteiger partial charge < -0.3 is 64.8 Å². The molecule has 3 saturated heterocycles. The largest absolute Gasteiger partial charge is 0.417 e. The lowest BCUT2D eigenvalue weighted by atomic mass is 9.81. The van der Waals surface area contributed by atoms with E-state index in [1.807, 2.05) is 0 Å². The lowest BCUT2D eigenvalue weighted by Gasteiger charge is -2.43. The Morgan fingerprint density at radius 3 is 1.80 bits per heavy atom. The lowest BCUT2D eigenvalue weighted by molar-refractivity contribution is -0.164. The van der Waals surface area contributed by atoms with Gasteiger partial charge in [-0.2, -0.15) is 39.5 Å². The number of alkyl halides is 11. The molecule has 25 nitrogen and oxygen atoms in total. The number of nitrogens with one attached hydrogen (secondary N) is 3. The fourth-order valence-electron chi connectivity index (χ4n) is 14.5. The van der Waals surface area contributed by atoms with Gasteiger partial charge in [0, 0.05) is 75.3 Å². The van der Waals surface area contributed by atoms with Gasteiger partial charge in [-0.25, -0.2) is 8.78 Å². The van der Waals surface area contributed by atoms with Crippen molar-refractivity contribution in [3.05, 3.63) is 69.7 Å². The van der Waals surface area contributed by atoms with E-state index in [0.29, 0.717) is 60.1 Å². The third kappa shape index (κ3) is 21.7. The number of halogens is 12. The summed E-state index contributed by atoms with van der Waals surface area (Å²) in [6.45, 7) is -1.44. The number of nitrogens with zero attached hydrogens (tertiary/aromatic N) is 9. The summed E-state index contributed by atoms with van der Waals surface area (Å²) in [6.07, 6.45) is -18.4. The molecule has 3 N–H and O–H groups in total. The van der Waals surface area contributed by atoms with Crippen LogP contribution in [0.2, 0.25) is 5.02 Å². The summed E-state index contributed by atoms with van der Waals surface area (Å²) in [5.41, 5.74) is -4.29. The normalized spacial score (nSPS) is 25.5. The quantitative estimate of drug-likeness (QED) is 0.241. The van der Waals surface area contributed by atoms with Gasteiger partial charge >= 0.3 is 18.5 Å². The highest BCUT2D eigenvalue weighted by Gasteiger charge is 2.56. The first-order chi connectivity index (χ1) is 50.3. The molecule has 0 aromatic heterocycles. The molecule has 0 unspecified atom stereocenters. The maximum atomic E-state index is 16.2. The average Bonchev–Trinajstić information content (AvgIpc) is 1.53. The number of carbonyl (C=O) groups is 12. The van der Waals surface area contributed by atoms with E-state index in [-0.39, 0.29) is 69.5 Å². The topological polar surface area (TPSA) is 279 Å². The van der Waals surface area contributed by atoms with Crippen LogP contribution >= 0.6 is 11.6 Å². The summed E-state index contributed by atoms with van der Waals surface area (Å²) in [4.78, 5) is 185. The number of rotatable bonds is 10. The van der Waals surface area contributed by atoms with Crippen LogP contribution < -0.4 is 16.0 Å². The summed E-state index contributed by atoms with van der Waals surface area (Å²) in [6, 6.07) is -7.49. The first-order valence-corrected chi connectivity index (χ1v) is 36.0. The SMILES string of the molecule is CC[C@H](C)[C@@H]1NC(=O)[C@H](CC(F)(F)F)N(C)C(=O)C[C@@H](C(=O)N2CCOCC2)N(C)C(=O)[C@H](C2CCCCC2)N(C)C(=O)C2(CCCC2)NC(=O)[C@@H]2CC(F)(F)CN2C(=O)[C@H](CCc2ccc(C(F)(F)F)c(Cl)c2)NC(=O)CN(C)C(=O)[C@H](Cc2ccc(C(F)(F)F)cc2)N(C)C(=O)CN(C)C(=O)CN(C)C1=O. The van der Waals surface area contributed by atoms with Crippen molar-refractivity contribution < 1.29 is 111 Å². The van der Waals surface area contributed by atoms with Gasteiger partial charge in [-0.05, 0) is 85.8 Å². The molecule has 600 valence electrons. The summed E-state index contributed by atoms with van der Waals surface area (Å²) in [5.74, 6) is -19.0. The van der Waals surface area contributed by atoms with Crippen molar-refractivity contribution in [1.29, 1.82) is 0 Å². The highest BCUT2D eigenvalue weighted by molar-refractivity contribution is 6.31. The third-order valence-corrected chi connectivity index (χ3v) is 21.5. The summed E-state index contributed by atoms with van der Waals surface area (Å²) < 4.78 is 165. The molecule has 1 spiro atoms. The molecule has 2 aromatic rings. The minimum absolute atomic E-state index is 0.00912. The molecule has 3 heterocycles. The van der Waals surface area contributed by atoms with Gasteiger partial charge in [0.25, 0.3) is 5.92 Å². The van der Waals surface area contributed by atoms with Crippen LogP contribution in [0.5, 0.6) is 0 Å². The zero-order valence-electron chi connectivity index (χ0n) is 61.6. The smallest absolute Gasteiger partial charge is 0.378 e. The van der Waals surface area contributed by atoms with E-state index in [0.717, 1.165) is 96.0 Å². The van der Waals surface area contributed by atoms with Crippen LogP contribution in [-0.2, 0) is 87.5 Å². The summed E-state index contributed by atoms with van der Waals surface area (Å²) in [5, 5.41) is 6.60. The Hall–Kier alpha value is -8.44. The van der Waals surface area contributed by atoms with Gasteiger partial charge in [0.15, 0.2) is 0 Å². The van der Waals surface area contributed by atoms with Crippen molar-refractivity contribution in [3.8, 4) is 0 Å². The summed E-state index contributed by atoms with van der Waals surface area (Å²) in [7, 11) is 7.56. The highest BCUT2D eigenvalue weighted by atomic mass is 35.5. The number of benzene rings is 2. The Kier molecular flexibility index (Phi) is 28.9. The van der Waals surface area contributed by atoms with Gasteiger partial charge in [-0.3, -0.25) is 57.5 Å². The number of morpholine rings is 1. The van der Waals surface area contributed by atoms with Crippen LogP contribution in [0.3, 0.4) is 0 Å². The molecular weight excluding hydrogens is 1470 g/mol. The second-order valence-electron chi connectivity index (χ2n) is 28.9. The number of likely N-dealkylation sites (N-methyl/N-ethyl adjacent to an activating group) is 7. The Morgan fingerprint density at radius 2 is 1.22 bits per heavy atom. The van der Waals surface area contributed by atoms with E-state index in [9.17, 15) is 77.9 Å². The fourth-order valence-corrected chi connectivity index (χ4v) is 14.8. The molecule has 2 aromatic carbocycles. The summed E-state index contributed by atoms with van der Waals surface area (Å²) >= 11 is 6.06. The van der Waals surface area contributed by atoms with Crippen LogP contribution in [-0.4, -0.2) is 277 Å². The molecule has 3 aliphatic heterocycles. The monoisotopic (exact) mass is 1570 g/mol. The lowest BCUT2D eigenvalue weighted by Crippen LogP contribution is -2.65. The number of hydrogen-bond acceptors (Lipinski definition) is 13. The number of ether oxygens (including phenoxy) is 1. The Morgan fingerprint density at radius 1 is 0.639 bits per heavy atom. The predicted octanol–water partition coefficient (Wildman–Crippen LogP) is 5.71. The molecule has 2 aliphatic carbocycles. The molecule has 0 bridgehead atoms. The van der Waals surface area contributed by atoms with E-state index in [1.54, 1.807) is 6.92 Å². The molecular formula is C71H94ClF11N12O13. The molecule has 5 fully saturated rings. The molecule has 0 radical (unpaired) electrons. The second kappa shape index (κ2) is 35.9. The van der Waals surface area contributed by atoms with Crippen molar-refractivity contribution in [2.45, 2.75) is 189 Å². The predicted molar refractivity (Wildman–Crippen MR) is 366 cm³/mol. The van der Waals surface area contributed by atoms with Crippen molar-refractivity contribution >= 4 is 82.5 Å². The maximum Gasteiger partial charge on any atom is 0.417 e. The Balaban J connectivity index is 1.34. The van der Waals surface area contributed by atoms with Gasteiger partial charge in [0.1, 0.15) is 47.8 Å². The van der Waals surface area contributed by atoms with Crippen molar-refractivity contribution in [2.24, 2.45) is 11.8 Å². The zero-order chi connectivity index (χ0) is 80.5. The van der Waals surface area contributed by atoms with E-state index < -0.39 is 236 Å². The van der Waals surface area contributed by atoms with Crippen LogP contribution in [0.1, 0.15) is 126 Å². The number of aryl methyl sites for hydroxylation is 1. The first-order valence-electron chi connectivity index (χ1n) is 35.6. The fraction of sp³-hybridized carbons (Fsp3) is 0.662. The minimum Gasteiger partial charge on any atom is -0.378 e. The van der Waals surface area contributed by atoms with E-state index in [4.69, 9.17) is 16.3 Å². The highest BCUT2D eigenvalue weighted by Crippen LogP contribution is 2.40. The second-order valence-corrected chi connectivity index (χ2v) is 29.3. The van der Waals surface area contributed by atoms with E-state index in [2.05, 4.69) is 16.0 Å². The molecule has 7 rings (SSSR count). The number of carbonyl (C=O) groups excluding carboxylic acids is 12. The Labute approximate surface area is 623 Å². The zero-order valence-corrected chi connectivity index (χ0v) is 62.3. The number of amides is 12. The first kappa shape index (κ1) is 86.8. The maximum absolute atomic E-state index is 16.2. The molecule has 108 heavy (non-hydrogen) atoms. The molecule has 5 aliphatic rings. The van der Waals surface area contributed by atoms with Crippen molar-refractivity contribution in [1.82, 2.24) is 60.0 Å². The van der Waals surface area contributed by atoms with Gasteiger partial charge in [-0.15, -0.1) is 0 Å². The molecule has 2 saturated carbocycles. The van der Waals surface area contributed by atoms with Crippen molar-refractivity contribution in [2.75, 3.05) is 102 Å². The average molecular weight is 1570 g/mol. The molecule has 12 amide bonds. The van der Waals surface area contributed by atoms with Crippen molar-refractivity contribution in [3.63, 3.8) is 0 Å². The van der Waals surface area contributed by atoms with Gasteiger partial charge in [-0.1, -0.05) is 82.2 Å². The molecule has 8 atom stereocenters. The van der Waals surface area contributed by atoms with Gasteiger partial charge in [0.2, 0.25) is 70.9 Å². The van der Waals surface area contributed by atoms with E-state index in [1.165, 1.54) is 18.9 Å². The number of hydrogen-bond donors (Lipinski definition) is 3. The van der Waals surface area contributed by atoms with Crippen LogP contribution in [0, 0.1) is 11.8 Å². The molecule has 37 heteroatoms. The van der Waals surface area contributed by atoms with Crippen LogP contribution in [0.25, 0.3) is 0 Å². The minimum atomic E-state index is -5.20. The van der Waals surface area contributed by atoms with Crippen LogP contribution in [0.15, 0.2) is 42.5 Å². The standard InChI is InChI=1S/C71H94ClF11N12O13/c1-10-41(2)57-64(105)89(5)38-55(98)87(3)39-56(99)90(6)49(33-43-18-22-45(23-19-43)70(78,79)80)62(103)88(4)37-53(96)84-48(25-21-42-20-24-46(47(72)32-42)71(81,82)83)61(102)95-40-68(73,74)35-52(95)60(101)86-67(26-14-15-27-67)66(107)93(9)58(44-16-12-11-13-17-44)65(106)92(8)50(63(104)94-28-30-108-31-29-94)34-54(97)91(7)51(59(100)85-57)36-69(75,76)77/h18-20,22-24,32,41,44,48-52,57-58H,10-17,21,25-31,33-40H2,1-9H3,(H,84,96)(H,85,100)(H,86,101)/t41-,48-,49-,50-,51-,52-,57-,58-/m0/s1. The number of fused-ring (bicyclic) bond motifs is 1. The third-order valence-electron chi connectivity index (χ3n) is 21.2. The van der Waals surface area contributed by atoms with Crippen LogP contribution in [0.4, 0.5) is 48.3 Å².